The summed E-state index contributed by atoms with van der Waals surface area (Å²) in [6.45, 7) is 4.20. The maximum Gasteiger partial charge on any atom is 0.141 e. The van der Waals surface area contributed by atoms with Crippen molar-refractivity contribution < 1.29 is 4.39 Å². The van der Waals surface area contributed by atoms with Crippen LogP contribution in [0, 0.1) is 19.7 Å². The molecule has 1 atom stereocenters. The highest BCUT2D eigenvalue weighted by molar-refractivity contribution is 5.32. The Labute approximate surface area is 113 Å². The summed E-state index contributed by atoms with van der Waals surface area (Å²) < 4.78 is 12.9. The quantitative estimate of drug-likeness (QED) is 0.909. The summed E-state index contributed by atoms with van der Waals surface area (Å²) in [6, 6.07) is 9.74. The summed E-state index contributed by atoms with van der Waals surface area (Å²) in [6.07, 6.45) is 2.12. The lowest BCUT2D eigenvalue weighted by molar-refractivity contribution is 0.564. The van der Waals surface area contributed by atoms with Crippen molar-refractivity contribution in [2.75, 3.05) is 7.05 Å². The molecule has 19 heavy (non-hydrogen) atoms. The van der Waals surface area contributed by atoms with Crippen molar-refractivity contribution in [2.45, 2.75) is 26.3 Å². The maximum absolute atomic E-state index is 12.9. The lowest BCUT2D eigenvalue weighted by atomic mass is 9.97. The van der Waals surface area contributed by atoms with E-state index in [9.17, 15) is 4.39 Å². The first-order chi connectivity index (χ1) is 9.10. The van der Waals surface area contributed by atoms with Crippen LogP contribution in [0.1, 0.15) is 28.4 Å². The van der Waals surface area contributed by atoms with Crippen LogP contribution < -0.4 is 5.32 Å². The van der Waals surface area contributed by atoms with Crippen LogP contribution in [0.25, 0.3) is 0 Å². The Kier molecular flexibility index (Phi) is 4.27. The molecule has 0 saturated carbocycles. The van der Waals surface area contributed by atoms with Gasteiger partial charge in [0, 0.05) is 0 Å². The van der Waals surface area contributed by atoms with Crippen LogP contribution in [0.2, 0.25) is 0 Å². The molecule has 1 aromatic heterocycles. The van der Waals surface area contributed by atoms with Gasteiger partial charge in [0.25, 0.3) is 0 Å². The number of aromatic nitrogens is 1. The summed E-state index contributed by atoms with van der Waals surface area (Å²) in [5, 5.41) is 3.25. The molecule has 0 fully saturated rings. The van der Waals surface area contributed by atoms with Gasteiger partial charge in [0.2, 0.25) is 0 Å². The zero-order valence-corrected chi connectivity index (χ0v) is 11.6. The van der Waals surface area contributed by atoms with E-state index in [0.29, 0.717) is 0 Å². The Morgan fingerprint density at radius 3 is 2.63 bits per heavy atom. The van der Waals surface area contributed by atoms with E-state index in [0.717, 1.165) is 12.1 Å². The van der Waals surface area contributed by atoms with Crippen molar-refractivity contribution >= 4 is 0 Å². The molecule has 0 amide bonds. The van der Waals surface area contributed by atoms with Crippen LogP contribution in [-0.4, -0.2) is 12.0 Å². The number of likely N-dealkylation sites (N-methyl/N-ethyl adjacent to an activating group) is 1. The fraction of sp³-hybridized carbons (Fsp3) is 0.312. The smallest absolute Gasteiger partial charge is 0.141 e. The molecule has 1 N–H and O–H groups in total. The average molecular weight is 258 g/mol. The van der Waals surface area contributed by atoms with Gasteiger partial charge < -0.3 is 5.32 Å². The Bertz CT molecular complexity index is 549. The number of rotatable bonds is 4. The molecule has 0 aliphatic rings. The summed E-state index contributed by atoms with van der Waals surface area (Å²) in [5.74, 6) is -0.301. The summed E-state index contributed by atoms with van der Waals surface area (Å²) in [5.41, 5.74) is 4.69. The third-order valence-electron chi connectivity index (χ3n) is 3.38. The molecule has 1 aromatic carbocycles. The molecule has 1 unspecified atom stereocenters. The van der Waals surface area contributed by atoms with Gasteiger partial charge in [-0.3, -0.25) is 4.98 Å². The van der Waals surface area contributed by atoms with Gasteiger partial charge in [0.05, 0.1) is 17.9 Å². The van der Waals surface area contributed by atoms with E-state index >= 15 is 0 Å². The number of hydrogen-bond acceptors (Lipinski definition) is 2. The van der Waals surface area contributed by atoms with E-state index in [4.69, 9.17) is 0 Å². The largest absolute Gasteiger partial charge is 0.311 e. The van der Waals surface area contributed by atoms with Crippen LogP contribution in [0.3, 0.4) is 0 Å². The first kappa shape index (κ1) is 13.7. The van der Waals surface area contributed by atoms with Crippen molar-refractivity contribution in [3.8, 4) is 0 Å². The predicted octanol–water partition coefficient (Wildman–Crippen LogP) is 3.34. The Morgan fingerprint density at radius 1 is 1.21 bits per heavy atom. The standard InChI is InChI=1S/C16H19FN2/c1-11-4-5-12(2)13(8-11)9-16(18-3)15-7-6-14(17)10-19-15/h4-8,10,16,18H,9H2,1-3H3. The Morgan fingerprint density at radius 2 is 2.00 bits per heavy atom. The average Bonchev–Trinajstić information content (AvgIpc) is 2.41. The van der Waals surface area contributed by atoms with Gasteiger partial charge in [-0.05, 0) is 50.6 Å². The second-order valence-electron chi connectivity index (χ2n) is 4.88. The van der Waals surface area contributed by atoms with Crippen LogP contribution >= 0.6 is 0 Å². The van der Waals surface area contributed by atoms with Crippen molar-refractivity contribution in [1.82, 2.24) is 10.3 Å². The van der Waals surface area contributed by atoms with Gasteiger partial charge in [0.1, 0.15) is 5.82 Å². The predicted molar refractivity (Wildman–Crippen MR) is 75.6 cm³/mol. The summed E-state index contributed by atoms with van der Waals surface area (Å²) in [7, 11) is 1.90. The fourth-order valence-corrected chi connectivity index (χ4v) is 2.19. The Balaban J connectivity index is 2.23. The lowest BCUT2D eigenvalue weighted by Gasteiger charge is -2.17. The minimum absolute atomic E-state index is 0.0982. The molecule has 0 saturated heterocycles. The number of pyridine rings is 1. The number of benzene rings is 1. The molecule has 0 bridgehead atoms. The fourth-order valence-electron chi connectivity index (χ4n) is 2.19. The molecule has 100 valence electrons. The van der Waals surface area contributed by atoms with Crippen LogP contribution in [0.15, 0.2) is 36.5 Å². The highest BCUT2D eigenvalue weighted by Crippen LogP contribution is 2.20. The van der Waals surface area contributed by atoms with E-state index in [1.54, 1.807) is 6.07 Å². The molecule has 2 rings (SSSR count). The van der Waals surface area contributed by atoms with E-state index < -0.39 is 0 Å². The van der Waals surface area contributed by atoms with Crippen LogP contribution in [0.4, 0.5) is 4.39 Å². The molecule has 0 spiro atoms. The topological polar surface area (TPSA) is 24.9 Å². The number of hydrogen-bond donors (Lipinski definition) is 1. The minimum Gasteiger partial charge on any atom is -0.311 e. The SMILES string of the molecule is CNC(Cc1cc(C)ccc1C)c1ccc(F)cn1. The molecule has 3 heteroatoms. The maximum atomic E-state index is 12.9. The van der Waals surface area contributed by atoms with E-state index in [1.807, 2.05) is 7.05 Å². The summed E-state index contributed by atoms with van der Waals surface area (Å²) in [4.78, 5) is 4.16. The Hall–Kier alpha value is -1.74. The van der Waals surface area contributed by atoms with Crippen molar-refractivity contribution in [3.05, 3.63) is 64.7 Å². The van der Waals surface area contributed by atoms with Gasteiger partial charge in [-0.1, -0.05) is 23.8 Å². The van der Waals surface area contributed by atoms with E-state index in [-0.39, 0.29) is 11.9 Å². The van der Waals surface area contributed by atoms with E-state index in [2.05, 4.69) is 42.3 Å². The molecular formula is C16H19FN2. The molecular weight excluding hydrogens is 239 g/mol. The molecule has 2 aromatic rings. The third kappa shape index (κ3) is 3.38. The normalized spacial score (nSPS) is 12.4. The number of halogens is 1. The second-order valence-corrected chi connectivity index (χ2v) is 4.88. The van der Waals surface area contributed by atoms with Gasteiger partial charge in [0.15, 0.2) is 0 Å². The van der Waals surface area contributed by atoms with Crippen molar-refractivity contribution in [1.29, 1.82) is 0 Å². The van der Waals surface area contributed by atoms with Gasteiger partial charge >= 0.3 is 0 Å². The van der Waals surface area contributed by atoms with Crippen molar-refractivity contribution in [2.24, 2.45) is 0 Å². The highest BCUT2D eigenvalue weighted by atomic mass is 19.1. The second kappa shape index (κ2) is 5.93. The highest BCUT2D eigenvalue weighted by Gasteiger charge is 2.13. The van der Waals surface area contributed by atoms with Gasteiger partial charge in [-0.15, -0.1) is 0 Å². The molecule has 0 aliphatic carbocycles. The number of aryl methyl sites for hydroxylation is 2. The first-order valence-corrected chi connectivity index (χ1v) is 6.45. The van der Waals surface area contributed by atoms with E-state index in [1.165, 1.54) is 29.0 Å². The molecule has 0 radical (unpaired) electrons. The van der Waals surface area contributed by atoms with Crippen molar-refractivity contribution in [3.63, 3.8) is 0 Å². The van der Waals surface area contributed by atoms with Gasteiger partial charge in [-0.2, -0.15) is 0 Å². The molecule has 0 aliphatic heterocycles. The third-order valence-corrected chi connectivity index (χ3v) is 3.38. The minimum atomic E-state index is -0.301. The first-order valence-electron chi connectivity index (χ1n) is 6.45. The number of nitrogens with zero attached hydrogens (tertiary/aromatic N) is 1. The zero-order valence-electron chi connectivity index (χ0n) is 11.6. The van der Waals surface area contributed by atoms with Crippen LogP contribution in [-0.2, 0) is 6.42 Å². The molecule has 2 nitrogen and oxygen atoms in total. The van der Waals surface area contributed by atoms with Gasteiger partial charge in [-0.25, -0.2) is 4.39 Å². The molecule has 1 heterocycles. The zero-order chi connectivity index (χ0) is 13.8. The monoisotopic (exact) mass is 258 g/mol. The summed E-state index contributed by atoms with van der Waals surface area (Å²) >= 11 is 0. The lowest BCUT2D eigenvalue weighted by Crippen LogP contribution is -2.20. The number of nitrogens with one attached hydrogen (secondary N) is 1. The van der Waals surface area contributed by atoms with Crippen LogP contribution in [0.5, 0.6) is 0 Å².